The lowest BCUT2D eigenvalue weighted by atomic mass is 10.2. The molecule has 0 fully saturated rings. The van der Waals surface area contributed by atoms with Crippen LogP contribution in [-0.4, -0.2) is 24.1 Å². The molecule has 6 nitrogen and oxygen atoms in total. The van der Waals surface area contributed by atoms with Crippen molar-refractivity contribution in [3.05, 3.63) is 84.4 Å². The van der Waals surface area contributed by atoms with Crippen LogP contribution in [0.2, 0.25) is 0 Å². The van der Waals surface area contributed by atoms with E-state index < -0.39 is 0 Å². The molecule has 3 aromatic carbocycles. The van der Waals surface area contributed by atoms with Gasteiger partial charge in [-0.1, -0.05) is 60.7 Å². The first-order chi connectivity index (χ1) is 15.3. The van der Waals surface area contributed by atoms with Crippen LogP contribution in [0.1, 0.15) is 18.9 Å². The van der Waals surface area contributed by atoms with E-state index in [4.69, 9.17) is 14.8 Å². The molecule has 156 valence electrons. The number of hydrogen-bond donors (Lipinski definition) is 1. The Morgan fingerprint density at radius 3 is 2.42 bits per heavy atom. The van der Waals surface area contributed by atoms with Gasteiger partial charge in [-0.25, -0.2) is 15.0 Å². The van der Waals surface area contributed by atoms with Crippen LogP contribution < -0.4 is 20.2 Å². The molecule has 2 heterocycles. The van der Waals surface area contributed by atoms with Gasteiger partial charge in [0, 0.05) is 5.56 Å². The highest BCUT2D eigenvalue weighted by atomic mass is 32.1. The first-order valence-corrected chi connectivity index (χ1v) is 11.1. The van der Waals surface area contributed by atoms with E-state index in [1.54, 1.807) is 18.4 Å². The summed E-state index contributed by atoms with van der Waals surface area (Å²) in [5.41, 5.74) is 6.54. The Labute approximate surface area is 185 Å². The van der Waals surface area contributed by atoms with E-state index >= 15 is 0 Å². The van der Waals surface area contributed by atoms with Crippen LogP contribution in [-0.2, 0) is 0 Å². The maximum Gasteiger partial charge on any atom is 0.207 e. The first-order valence-electron chi connectivity index (χ1n) is 10.3. The summed E-state index contributed by atoms with van der Waals surface area (Å²) in [7, 11) is 1.68. The molecule has 0 aliphatic carbocycles. The highest BCUT2D eigenvalue weighted by Crippen LogP contribution is 2.33. The Bertz CT molecular complexity index is 1170. The highest BCUT2D eigenvalue weighted by molar-refractivity contribution is 7.22. The number of hydrogen-bond acceptors (Lipinski definition) is 7. The molecule has 7 heteroatoms. The number of anilines is 2. The number of ether oxygens (including phenoxy) is 1. The second-order valence-corrected chi connectivity index (χ2v) is 8.20. The van der Waals surface area contributed by atoms with E-state index in [9.17, 15) is 0 Å². The van der Waals surface area contributed by atoms with E-state index in [0.717, 1.165) is 44.6 Å². The van der Waals surface area contributed by atoms with Gasteiger partial charge >= 0.3 is 0 Å². The predicted octanol–water partition coefficient (Wildman–Crippen LogP) is 5.23. The second-order valence-electron chi connectivity index (χ2n) is 7.19. The van der Waals surface area contributed by atoms with Gasteiger partial charge in [-0.05, 0) is 42.8 Å². The smallest absolute Gasteiger partial charge is 0.207 e. The van der Waals surface area contributed by atoms with Crippen molar-refractivity contribution in [2.24, 2.45) is 5.10 Å². The first kappa shape index (κ1) is 19.4. The molecular formula is C24H23N5OS. The summed E-state index contributed by atoms with van der Waals surface area (Å²) >= 11 is 1.67. The largest absolute Gasteiger partial charge is 0.497 e. The molecule has 31 heavy (non-hydrogen) atoms. The number of thiazole rings is 1. The van der Waals surface area contributed by atoms with Crippen LogP contribution in [0.3, 0.4) is 0 Å². The molecule has 5 rings (SSSR count). The van der Waals surface area contributed by atoms with Gasteiger partial charge in [0.15, 0.2) is 5.84 Å². The molecule has 0 saturated carbocycles. The molecule has 0 amide bonds. The predicted molar refractivity (Wildman–Crippen MR) is 128 cm³/mol. The summed E-state index contributed by atoms with van der Waals surface area (Å²) in [6, 6.07) is 26.4. The number of rotatable bonds is 5. The monoisotopic (exact) mass is 429 g/mol. The fraction of sp³-hybridized carbons (Fsp3) is 0.167. The summed E-state index contributed by atoms with van der Waals surface area (Å²) < 4.78 is 6.50. The summed E-state index contributed by atoms with van der Waals surface area (Å²) in [4.78, 5) is 4.90. The zero-order chi connectivity index (χ0) is 21.2. The molecule has 1 aliphatic heterocycles. The van der Waals surface area contributed by atoms with E-state index in [-0.39, 0.29) is 6.17 Å². The van der Waals surface area contributed by atoms with Gasteiger partial charge in [0.2, 0.25) is 5.13 Å². The van der Waals surface area contributed by atoms with Gasteiger partial charge < -0.3 is 4.74 Å². The standard InChI is InChI=1S/C24H23N5OS/c1-3-22-28(18-13-15-19(30-2)16-14-18)26-23(17-9-5-4-6-10-17)27-29(22)24-25-20-11-7-8-12-21(20)31-24/h4-16,22H,3H2,1-2H3,(H,26,27). The summed E-state index contributed by atoms with van der Waals surface area (Å²) in [6.45, 7) is 2.16. The number of amidine groups is 1. The zero-order valence-electron chi connectivity index (χ0n) is 17.4. The maximum absolute atomic E-state index is 5.34. The van der Waals surface area contributed by atoms with Crippen molar-refractivity contribution < 1.29 is 4.74 Å². The van der Waals surface area contributed by atoms with Gasteiger partial charge in [-0.3, -0.25) is 5.43 Å². The summed E-state index contributed by atoms with van der Waals surface area (Å²) in [5, 5.41) is 10.1. The SMILES string of the molecule is CCC1N(c2ccc(OC)cc2)N=C(c2ccccc2)NN1c1nc2ccccc2s1. The lowest BCUT2D eigenvalue weighted by Gasteiger charge is -2.42. The summed E-state index contributed by atoms with van der Waals surface area (Å²) in [6.07, 6.45) is 0.807. The fourth-order valence-corrected chi connectivity index (χ4v) is 4.64. The van der Waals surface area contributed by atoms with Gasteiger partial charge in [-0.15, -0.1) is 0 Å². The quantitative estimate of drug-likeness (QED) is 0.471. The summed E-state index contributed by atoms with van der Waals surface area (Å²) in [5.74, 6) is 1.60. The number of nitrogens with zero attached hydrogens (tertiary/aromatic N) is 4. The zero-order valence-corrected chi connectivity index (χ0v) is 18.2. The third kappa shape index (κ3) is 3.68. The average molecular weight is 430 g/mol. The average Bonchev–Trinajstić information content (AvgIpc) is 3.28. The molecular weight excluding hydrogens is 406 g/mol. The second kappa shape index (κ2) is 8.28. The van der Waals surface area contributed by atoms with Crippen molar-refractivity contribution in [3.63, 3.8) is 0 Å². The number of nitrogens with one attached hydrogen (secondary N) is 1. The number of aromatic nitrogens is 1. The number of para-hydroxylation sites is 1. The number of hydrazine groups is 1. The van der Waals surface area contributed by atoms with Crippen LogP contribution in [0.4, 0.5) is 10.8 Å². The third-order valence-electron chi connectivity index (χ3n) is 5.25. The minimum absolute atomic E-state index is 0.0404. The lowest BCUT2D eigenvalue weighted by molar-refractivity contribution is 0.414. The minimum atomic E-state index is -0.0404. The minimum Gasteiger partial charge on any atom is -0.497 e. The van der Waals surface area contributed by atoms with Crippen LogP contribution in [0.15, 0.2) is 84.0 Å². The molecule has 4 aromatic rings. The molecule has 1 unspecified atom stereocenters. The molecule has 1 atom stereocenters. The van der Waals surface area contributed by atoms with Crippen molar-refractivity contribution in [1.29, 1.82) is 0 Å². The Balaban J connectivity index is 1.61. The van der Waals surface area contributed by atoms with Crippen molar-refractivity contribution >= 4 is 38.2 Å². The molecule has 0 spiro atoms. The molecule has 0 bridgehead atoms. The van der Waals surface area contributed by atoms with Gasteiger partial charge in [-0.2, -0.15) is 5.10 Å². The van der Waals surface area contributed by atoms with E-state index in [0.29, 0.717) is 0 Å². The molecule has 0 saturated heterocycles. The molecule has 1 aromatic heterocycles. The number of methoxy groups -OCH3 is 1. The number of benzene rings is 3. The maximum atomic E-state index is 5.34. The van der Waals surface area contributed by atoms with Gasteiger partial charge in [0.1, 0.15) is 11.9 Å². The van der Waals surface area contributed by atoms with Crippen LogP contribution in [0.25, 0.3) is 10.2 Å². The van der Waals surface area contributed by atoms with Crippen molar-refractivity contribution in [3.8, 4) is 5.75 Å². The lowest BCUT2D eigenvalue weighted by Crippen LogP contribution is -2.59. The Morgan fingerprint density at radius 1 is 0.968 bits per heavy atom. The van der Waals surface area contributed by atoms with Gasteiger partial charge in [0.05, 0.1) is 23.0 Å². The molecule has 1 N–H and O–H groups in total. The van der Waals surface area contributed by atoms with Crippen LogP contribution in [0.5, 0.6) is 5.75 Å². The topological polar surface area (TPSA) is 53.0 Å². The molecule has 1 aliphatic rings. The van der Waals surface area contributed by atoms with Crippen molar-refractivity contribution in [1.82, 2.24) is 10.4 Å². The Morgan fingerprint density at radius 2 is 1.71 bits per heavy atom. The Hall–Kier alpha value is -3.58. The van der Waals surface area contributed by atoms with Crippen molar-refractivity contribution in [2.75, 3.05) is 17.1 Å². The van der Waals surface area contributed by atoms with E-state index in [1.807, 2.05) is 60.7 Å². The fourth-order valence-electron chi connectivity index (χ4n) is 3.67. The normalized spacial score (nSPS) is 16.2. The third-order valence-corrected chi connectivity index (χ3v) is 6.29. The van der Waals surface area contributed by atoms with Crippen LogP contribution in [0, 0.1) is 0 Å². The highest BCUT2D eigenvalue weighted by Gasteiger charge is 2.32. The van der Waals surface area contributed by atoms with Crippen LogP contribution >= 0.6 is 11.3 Å². The van der Waals surface area contributed by atoms with Gasteiger partial charge in [0.25, 0.3) is 0 Å². The van der Waals surface area contributed by atoms with E-state index in [2.05, 4.69) is 40.6 Å². The molecule has 0 radical (unpaired) electrons. The number of hydrazone groups is 1. The number of fused-ring (bicyclic) bond motifs is 1. The Kier molecular flexibility index (Phi) is 5.18. The van der Waals surface area contributed by atoms with E-state index in [1.165, 1.54) is 0 Å². The van der Waals surface area contributed by atoms with Crippen molar-refractivity contribution in [2.45, 2.75) is 19.5 Å².